The largest absolute Gasteiger partial charge is 0.328 e. The van der Waals surface area contributed by atoms with E-state index in [1.807, 2.05) is 0 Å². The lowest BCUT2D eigenvalue weighted by atomic mass is 9.93. The first-order valence-electron chi connectivity index (χ1n) is 6.55. The predicted molar refractivity (Wildman–Crippen MR) is 84.6 cm³/mol. The Bertz CT molecular complexity index is 576. The summed E-state index contributed by atoms with van der Waals surface area (Å²) in [5.41, 5.74) is 6.26. The third kappa shape index (κ3) is 5.71. The molecule has 3 N–H and O–H groups in total. The minimum Gasteiger partial charge on any atom is -0.328 e. The summed E-state index contributed by atoms with van der Waals surface area (Å²) in [6, 6.07) is 4.05. The highest BCUT2D eigenvalue weighted by molar-refractivity contribution is 7.88. The van der Waals surface area contributed by atoms with Crippen molar-refractivity contribution < 1.29 is 12.8 Å². The van der Waals surface area contributed by atoms with Crippen molar-refractivity contribution in [3.05, 3.63) is 34.6 Å². The van der Waals surface area contributed by atoms with Gasteiger partial charge in [0.15, 0.2) is 0 Å². The van der Waals surface area contributed by atoms with Crippen LogP contribution in [0.1, 0.15) is 31.2 Å². The van der Waals surface area contributed by atoms with Gasteiger partial charge in [0.25, 0.3) is 0 Å². The number of benzene rings is 1. The topological polar surface area (TPSA) is 72.2 Å². The zero-order chi connectivity index (χ0) is 14.8. The maximum atomic E-state index is 13.0. The molecule has 1 fully saturated rings. The van der Waals surface area contributed by atoms with Gasteiger partial charge < -0.3 is 5.73 Å². The van der Waals surface area contributed by atoms with Crippen LogP contribution in [0, 0.1) is 5.82 Å². The summed E-state index contributed by atoms with van der Waals surface area (Å²) in [5, 5.41) is -0.0682. The lowest BCUT2D eigenvalue weighted by Gasteiger charge is -2.26. The molecule has 0 spiro atoms. The fourth-order valence-corrected chi connectivity index (χ4v) is 4.03. The van der Waals surface area contributed by atoms with Gasteiger partial charge in [-0.2, -0.15) is 0 Å². The highest BCUT2D eigenvalue weighted by Crippen LogP contribution is 2.20. The molecule has 0 radical (unpaired) electrons. The summed E-state index contributed by atoms with van der Waals surface area (Å²) < 4.78 is 39.8. The fraction of sp³-hybridized carbons (Fsp3) is 0.538. The van der Waals surface area contributed by atoms with Gasteiger partial charge in [-0.05, 0) is 43.4 Å². The van der Waals surface area contributed by atoms with E-state index >= 15 is 0 Å². The third-order valence-electron chi connectivity index (χ3n) is 3.46. The Hall–Kier alpha value is -0.400. The second-order valence-corrected chi connectivity index (χ2v) is 7.40. The van der Waals surface area contributed by atoms with Gasteiger partial charge in [-0.1, -0.05) is 17.7 Å². The monoisotopic (exact) mass is 356 g/mol. The average Bonchev–Trinajstić information content (AvgIpc) is 2.36. The number of hydrogen-bond donors (Lipinski definition) is 2. The minimum absolute atomic E-state index is 0. The maximum absolute atomic E-state index is 13.0. The lowest BCUT2D eigenvalue weighted by molar-refractivity contribution is 0.373. The Morgan fingerprint density at radius 1 is 1.29 bits per heavy atom. The van der Waals surface area contributed by atoms with E-state index in [0.717, 1.165) is 25.7 Å². The molecule has 0 saturated heterocycles. The first-order chi connectivity index (χ1) is 9.35. The van der Waals surface area contributed by atoms with Crippen molar-refractivity contribution in [3.63, 3.8) is 0 Å². The molecule has 8 heteroatoms. The van der Waals surface area contributed by atoms with Gasteiger partial charge in [0.1, 0.15) is 5.82 Å². The molecule has 1 saturated carbocycles. The second-order valence-electron chi connectivity index (χ2n) is 5.24. The standard InChI is InChI=1S/C13H18ClFN2O2S.ClH/c14-12-7-9(1-6-13(12)15)8-20(18,19)17-11-4-2-10(16)3-5-11;/h1,6-7,10-11,17H,2-5,8,16H2;1H. The van der Waals surface area contributed by atoms with Crippen molar-refractivity contribution in [3.8, 4) is 0 Å². The zero-order valence-electron chi connectivity index (χ0n) is 11.4. The van der Waals surface area contributed by atoms with Gasteiger partial charge in [0.05, 0.1) is 10.8 Å². The normalized spacial score (nSPS) is 22.6. The fourth-order valence-electron chi connectivity index (χ4n) is 2.38. The van der Waals surface area contributed by atoms with E-state index in [4.69, 9.17) is 17.3 Å². The molecule has 4 nitrogen and oxygen atoms in total. The molecular formula is C13H19Cl2FN2O2S. The van der Waals surface area contributed by atoms with E-state index in [0.29, 0.717) is 5.56 Å². The van der Waals surface area contributed by atoms with Gasteiger partial charge >= 0.3 is 0 Å². The van der Waals surface area contributed by atoms with Gasteiger partial charge in [-0.25, -0.2) is 17.5 Å². The lowest BCUT2D eigenvalue weighted by Crippen LogP contribution is -2.40. The molecular weight excluding hydrogens is 338 g/mol. The zero-order valence-corrected chi connectivity index (χ0v) is 13.8. The summed E-state index contributed by atoms with van der Waals surface area (Å²) >= 11 is 5.65. The molecule has 0 aromatic heterocycles. The van der Waals surface area contributed by atoms with Crippen molar-refractivity contribution in [2.75, 3.05) is 0 Å². The summed E-state index contributed by atoms with van der Waals surface area (Å²) in [7, 11) is -3.45. The Morgan fingerprint density at radius 3 is 2.48 bits per heavy atom. The van der Waals surface area contributed by atoms with E-state index in [-0.39, 0.29) is 35.3 Å². The Balaban J connectivity index is 0.00000220. The predicted octanol–water partition coefficient (Wildman–Crippen LogP) is 2.59. The molecule has 120 valence electrons. The van der Waals surface area contributed by atoms with Crippen LogP contribution in [0.15, 0.2) is 18.2 Å². The first kappa shape index (κ1) is 18.6. The van der Waals surface area contributed by atoms with E-state index in [9.17, 15) is 12.8 Å². The van der Waals surface area contributed by atoms with Crippen LogP contribution in [0.3, 0.4) is 0 Å². The Morgan fingerprint density at radius 2 is 1.90 bits per heavy atom. The molecule has 0 bridgehead atoms. The van der Waals surface area contributed by atoms with Crippen LogP contribution >= 0.6 is 24.0 Å². The van der Waals surface area contributed by atoms with E-state index in [2.05, 4.69) is 4.72 Å². The molecule has 2 rings (SSSR count). The van der Waals surface area contributed by atoms with Crippen molar-refractivity contribution in [1.29, 1.82) is 0 Å². The van der Waals surface area contributed by atoms with Crippen LogP contribution in [0.4, 0.5) is 4.39 Å². The van der Waals surface area contributed by atoms with Crippen molar-refractivity contribution >= 4 is 34.0 Å². The number of sulfonamides is 1. The molecule has 0 amide bonds. The number of nitrogens with one attached hydrogen (secondary N) is 1. The third-order valence-corrected chi connectivity index (χ3v) is 5.15. The first-order valence-corrected chi connectivity index (χ1v) is 8.58. The minimum atomic E-state index is -3.45. The van der Waals surface area contributed by atoms with Crippen LogP contribution in [0.25, 0.3) is 0 Å². The average molecular weight is 357 g/mol. The molecule has 1 aromatic rings. The molecule has 0 unspecified atom stereocenters. The van der Waals surface area contributed by atoms with Crippen LogP contribution < -0.4 is 10.5 Å². The van der Waals surface area contributed by atoms with E-state index in [1.54, 1.807) is 0 Å². The number of hydrogen-bond acceptors (Lipinski definition) is 3. The summed E-state index contributed by atoms with van der Waals surface area (Å²) in [4.78, 5) is 0. The summed E-state index contributed by atoms with van der Waals surface area (Å²) in [5.74, 6) is -0.753. The quantitative estimate of drug-likeness (QED) is 0.870. The molecule has 1 aliphatic rings. The SMILES string of the molecule is Cl.NC1CCC(NS(=O)(=O)Cc2ccc(F)c(Cl)c2)CC1. The molecule has 0 atom stereocenters. The Kier molecular flexibility index (Phi) is 6.87. The van der Waals surface area contributed by atoms with Crippen LogP contribution in [-0.4, -0.2) is 20.5 Å². The van der Waals surface area contributed by atoms with Crippen molar-refractivity contribution in [2.24, 2.45) is 5.73 Å². The Labute approximate surface area is 135 Å². The highest BCUT2D eigenvalue weighted by Gasteiger charge is 2.23. The van der Waals surface area contributed by atoms with Crippen LogP contribution in [0.2, 0.25) is 5.02 Å². The van der Waals surface area contributed by atoms with Crippen LogP contribution in [-0.2, 0) is 15.8 Å². The maximum Gasteiger partial charge on any atom is 0.216 e. The van der Waals surface area contributed by atoms with Crippen molar-refractivity contribution in [2.45, 2.75) is 43.5 Å². The number of nitrogens with two attached hydrogens (primary N) is 1. The van der Waals surface area contributed by atoms with E-state index in [1.165, 1.54) is 18.2 Å². The van der Waals surface area contributed by atoms with Gasteiger partial charge in [0, 0.05) is 12.1 Å². The number of rotatable bonds is 4. The molecule has 0 aliphatic heterocycles. The molecule has 0 heterocycles. The molecule has 1 aliphatic carbocycles. The summed E-state index contributed by atoms with van der Waals surface area (Å²) in [6.45, 7) is 0. The van der Waals surface area contributed by atoms with Gasteiger partial charge in [-0.15, -0.1) is 12.4 Å². The summed E-state index contributed by atoms with van der Waals surface area (Å²) in [6.07, 6.45) is 3.17. The van der Waals surface area contributed by atoms with Gasteiger partial charge in [-0.3, -0.25) is 0 Å². The number of halogens is 3. The van der Waals surface area contributed by atoms with Crippen molar-refractivity contribution in [1.82, 2.24) is 4.72 Å². The highest BCUT2D eigenvalue weighted by atomic mass is 35.5. The van der Waals surface area contributed by atoms with Gasteiger partial charge in [0.2, 0.25) is 10.0 Å². The van der Waals surface area contributed by atoms with Crippen LogP contribution in [0.5, 0.6) is 0 Å². The smallest absolute Gasteiger partial charge is 0.216 e. The van der Waals surface area contributed by atoms with E-state index < -0.39 is 15.8 Å². The molecule has 1 aromatic carbocycles. The second kappa shape index (κ2) is 7.74. The molecule has 21 heavy (non-hydrogen) atoms.